The minimum atomic E-state index is 0.260. The maximum absolute atomic E-state index is 10.9. The molecule has 0 amide bonds. The Kier molecular flexibility index (Phi) is 15.3. The van der Waals surface area contributed by atoms with Crippen LogP contribution >= 0.6 is 0 Å². The van der Waals surface area contributed by atoms with E-state index in [1.807, 2.05) is 57.9 Å². The number of rotatable bonds is 5. The average molecular weight is 237 g/mol. The predicted molar refractivity (Wildman–Crippen MR) is 71.9 cm³/mol. The summed E-state index contributed by atoms with van der Waals surface area (Å²) in [4.78, 5) is 18.9. The number of hydrogen-bond donors (Lipinski definition) is 1. The molecular formula is C14H23NO2. The van der Waals surface area contributed by atoms with Crippen LogP contribution in [0.1, 0.15) is 32.8 Å². The van der Waals surface area contributed by atoms with Crippen molar-refractivity contribution in [3.8, 4) is 0 Å². The highest BCUT2D eigenvalue weighted by molar-refractivity contribution is 5.80. The fourth-order valence-electron chi connectivity index (χ4n) is 1.07. The molecule has 96 valence electrons. The van der Waals surface area contributed by atoms with Crippen LogP contribution in [0.15, 0.2) is 30.3 Å². The van der Waals surface area contributed by atoms with Gasteiger partial charge in [-0.15, -0.1) is 0 Å². The van der Waals surface area contributed by atoms with Crippen LogP contribution in [0.2, 0.25) is 0 Å². The molecule has 1 N–H and O–H groups in total. The van der Waals surface area contributed by atoms with E-state index in [4.69, 9.17) is 4.79 Å². The highest BCUT2D eigenvalue weighted by atomic mass is 16.1. The second-order valence-electron chi connectivity index (χ2n) is 2.98. The first-order valence-electron chi connectivity index (χ1n) is 5.88. The number of nitrogens with one attached hydrogen (secondary N) is 1. The first kappa shape index (κ1) is 17.9. The molecule has 0 radical (unpaired) electrons. The Hall–Kier alpha value is -1.48. The molecule has 1 aromatic rings. The summed E-state index contributed by atoms with van der Waals surface area (Å²) in [5, 5.41) is 3.10. The van der Waals surface area contributed by atoms with Gasteiger partial charge in [0.25, 0.3) is 0 Å². The lowest BCUT2D eigenvalue weighted by Crippen LogP contribution is -2.21. The van der Waals surface area contributed by atoms with E-state index in [2.05, 4.69) is 5.32 Å². The number of hydrogen-bond acceptors (Lipinski definition) is 3. The van der Waals surface area contributed by atoms with Crippen LogP contribution in [0.4, 0.5) is 0 Å². The normalized spacial score (nSPS) is 8.18. The summed E-state index contributed by atoms with van der Waals surface area (Å²) in [6, 6.07) is 10.1. The maximum atomic E-state index is 10.9. The van der Waals surface area contributed by atoms with Gasteiger partial charge in [-0.05, 0) is 5.56 Å². The van der Waals surface area contributed by atoms with E-state index in [-0.39, 0.29) is 5.78 Å². The van der Waals surface area contributed by atoms with E-state index >= 15 is 0 Å². The van der Waals surface area contributed by atoms with Crippen molar-refractivity contribution in [2.45, 2.75) is 33.7 Å². The third-order valence-electron chi connectivity index (χ3n) is 1.89. The van der Waals surface area contributed by atoms with Gasteiger partial charge in [0.1, 0.15) is 12.6 Å². The van der Waals surface area contributed by atoms with Gasteiger partial charge in [-0.25, -0.2) is 0 Å². The molecule has 0 atom stereocenters. The summed E-state index contributed by atoms with van der Waals surface area (Å²) in [6.45, 7) is 9.13. The molecule has 0 unspecified atom stereocenters. The Bertz CT molecular complexity index is 273. The molecule has 3 nitrogen and oxygen atoms in total. The zero-order valence-corrected chi connectivity index (χ0v) is 11.0. The minimum Gasteiger partial charge on any atom is -0.307 e. The van der Waals surface area contributed by atoms with Crippen molar-refractivity contribution in [3.63, 3.8) is 0 Å². The molecule has 3 heteroatoms. The Balaban J connectivity index is 0. The predicted octanol–water partition coefficient (Wildman–Crippen LogP) is 2.60. The lowest BCUT2D eigenvalue weighted by molar-refractivity contribution is -0.118. The monoisotopic (exact) mass is 237 g/mol. The second kappa shape index (κ2) is 14.5. The van der Waals surface area contributed by atoms with Gasteiger partial charge in [-0.2, -0.15) is 0 Å². The number of ketones is 1. The summed E-state index contributed by atoms with van der Waals surface area (Å²) >= 11 is 0. The van der Waals surface area contributed by atoms with Crippen LogP contribution < -0.4 is 5.32 Å². The van der Waals surface area contributed by atoms with Crippen LogP contribution in [-0.4, -0.2) is 19.1 Å². The first-order chi connectivity index (χ1) is 8.33. The molecule has 17 heavy (non-hydrogen) atoms. The van der Waals surface area contributed by atoms with Crippen molar-refractivity contribution in [3.05, 3.63) is 35.9 Å². The van der Waals surface area contributed by atoms with Gasteiger partial charge in [0, 0.05) is 13.0 Å². The number of carbonyl (C=O) groups is 2. The van der Waals surface area contributed by atoms with E-state index < -0.39 is 0 Å². The van der Waals surface area contributed by atoms with Crippen LogP contribution in [0.5, 0.6) is 0 Å². The maximum Gasteiger partial charge on any atom is 0.146 e. The van der Waals surface area contributed by atoms with Crippen LogP contribution in [0, 0.1) is 0 Å². The number of Topliss-reactive ketones (excluding diaryl/α,β-unsaturated/α-hetero) is 1. The molecule has 0 saturated heterocycles. The van der Waals surface area contributed by atoms with Gasteiger partial charge < -0.3 is 10.1 Å². The third-order valence-corrected chi connectivity index (χ3v) is 1.89. The van der Waals surface area contributed by atoms with E-state index in [1.54, 1.807) is 0 Å². The highest BCUT2D eigenvalue weighted by Gasteiger charge is 1.96. The first-order valence-corrected chi connectivity index (χ1v) is 5.88. The topological polar surface area (TPSA) is 46.2 Å². The molecule has 0 aliphatic carbocycles. The summed E-state index contributed by atoms with van der Waals surface area (Å²) < 4.78 is 0. The van der Waals surface area contributed by atoms with Gasteiger partial charge in [0.2, 0.25) is 0 Å². The van der Waals surface area contributed by atoms with E-state index in [0.29, 0.717) is 13.0 Å². The lowest BCUT2D eigenvalue weighted by Gasteiger charge is -2.02. The Morgan fingerprint density at radius 1 is 1.18 bits per heavy atom. The molecule has 0 saturated carbocycles. The summed E-state index contributed by atoms with van der Waals surface area (Å²) in [6.07, 6.45) is 0.613. The van der Waals surface area contributed by atoms with E-state index in [9.17, 15) is 4.79 Å². The second-order valence-corrected chi connectivity index (χ2v) is 2.98. The zero-order chi connectivity index (χ0) is 13.5. The van der Waals surface area contributed by atoms with Crippen molar-refractivity contribution >= 4 is 12.6 Å². The Labute approximate surface area is 104 Å². The largest absolute Gasteiger partial charge is 0.307 e. The smallest absolute Gasteiger partial charge is 0.146 e. The number of benzene rings is 1. The molecule has 0 aromatic heterocycles. The van der Waals surface area contributed by atoms with Crippen LogP contribution in [-0.2, 0) is 16.1 Å². The quantitative estimate of drug-likeness (QED) is 0.856. The van der Waals surface area contributed by atoms with Gasteiger partial charge in [-0.3, -0.25) is 4.79 Å². The van der Waals surface area contributed by atoms with Crippen molar-refractivity contribution < 1.29 is 9.59 Å². The Morgan fingerprint density at radius 2 is 1.71 bits per heavy atom. The van der Waals surface area contributed by atoms with E-state index in [0.717, 1.165) is 6.54 Å². The van der Waals surface area contributed by atoms with Crippen molar-refractivity contribution in [1.29, 1.82) is 0 Å². The fraction of sp³-hybridized carbons (Fsp3) is 0.429. The van der Waals surface area contributed by atoms with E-state index in [1.165, 1.54) is 5.56 Å². The molecule has 0 bridgehead atoms. The molecule has 0 aliphatic heterocycles. The number of carbonyl (C=O) groups excluding carboxylic acids is 2. The molecule has 1 rings (SSSR count). The fourth-order valence-corrected chi connectivity index (χ4v) is 1.07. The molecule has 1 aromatic carbocycles. The highest BCUT2D eigenvalue weighted by Crippen LogP contribution is 1.96. The van der Waals surface area contributed by atoms with Gasteiger partial charge in [-0.1, -0.05) is 51.1 Å². The molecule has 0 fully saturated rings. The van der Waals surface area contributed by atoms with Crippen molar-refractivity contribution in [1.82, 2.24) is 5.32 Å². The van der Waals surface area contributed by atoms with Crippen LogP contribution in [0.3, 0.4) is 0 Å². The van der Waals surface area contributed by atoms with Crippen molar-refractivity contribution in [2.75, 3.05) is 6.54 Å². The third kappa shape index (κ3) is 10.8. The molecule has 0 heterocycles. The summed E-state index contributed by atoms with van der Waals surface area (Å²) in [5.74, 6) is 0.260. The molecular weight excluding hydrogens is 214 g/mol. The lowest BCUT2D eigenvalue weighted by atomic mass is 10.2. The standard InChI is InChI=1S/C11H15NO.C2H6.CH2O/c1-2-11(13)9-12-8-10-6-4-3-5-7-10;2*1-2/h3-7,12H,2,8-9H2,1H3;1-2H3;1H2. The zero-order valence-electron chi connectivity index (χ0n) is 11.0. The Morgan fingerprint density at radius 3 is 2.18 bits per heavy atom. The molecule has 0 spiro atoms. The SMILES string of the molecule is C=O.CC.CCC(=O)CNCc1ccccc1. The molecule has 0 aliphatic rings. The average Bonchev–Trinajstić information content (AvgIpc) is 2.44. The van der Waals surface area contributed by atoms with Gasteiger partial charge in [0.15, 0.2) is 0 Å². The van der Waals surface area contributed by atoms with Crippen molar-refractivity contribution in [2.24, 2.45) is 0 Å². The minimum absolute atomic E-state index is 0.260. The van der Waals surface area contributed by atoms with Gasteiger partial charge >= 0.3 is 0 Å². The van der Waals surface area contributed by atoms with Crippen LogP contribution in [0.25, 0.3) is 0 Å². The summed E-state index contributed by atoms with van der Waals surface area (Å²) in [5.41, 5.74) is 1.21. The summed E-state index contributed by atoms with van der Waals surface area (Å²) in [7, 11) is 0. The van der Waals surface area contributed by atoms with Gasteiger partial charge in [0.05, 0.1) is 6.54 Å².